The lowest BCUT2D eigenvalue weighted by molar-refractivity contribution is 0.0300. The smallest absolute Gasteiger partial charge is 0.336 e. The molecule has 2 N–H and O–H groups in total. The number of hydrogen-bond acceptors (Lipinski definition) is 8. The van der Waals surface area contributed by atoms with E-state index in [4.69, 9.17) is 4.74 Å². The number of morpholine rings is 1. The van der Waals surface area contributed by atoms with Gasteiger partial charge in [-0.1, -0.05) is 23.1 Å². The Hall–Kier alpha value is -3.41. The molecule has 0 saturated carbocycles. The monoisotopic (exact) mass is 512 g/mol. The van der Waals surface area contributed by atoms with Gasteiger partial charge < -0.3 is 19.6 Å². The minimum Gasteiger partial charge on any atom is -0.478 e. The lowest BCUT2D eigenvalue weighted by Gasteiger charge is -2.27. The molecule has 11 heteroatoms. The highest BCUT2D eigenvalue weighted by Crippen LogP contribution is 2.35. The van der Waals surface area contributed by atoms with Crippen LogP contribution in [0.1, 0.15) is 31.1 Å². The first-order chi connectivity index (χ1) is 16.8. The van der Waals surface area contributed by atoms with Gasteiger partial charge in [0, 0.05) is 43.3 Å². The summed E-state index contributed by atoms with van der Waals surface area (Å²) in [5, 5.41) is 12.8. The fourth-order valence-electron chi connectivity index (χ4n) is 3.45. The quantitative estimate of drug-likeness (QED) is 0.492. The number of amides is 2. The van der Waals surface area contributed by atoms with Crippen molar-refractivity contribution in [2.75, 3.05) is 50.6 Å². The van der Waals surface area contributed by atoms with Crippen LogP contribution in [0.5, 0.6) is 0 Å². The van der Waals surface area contributed by atoms with Crippen molar-refractivity contribution in [3.05, 3.63) is 65.4 Å². The Balaban J connectivity index is 1.47. The van der Waals surface area contributed by atoms with Crippen molar-refractivity contribution in [2.24, 2.45) is 0 Å². The van der Waals surface area contributed by atoms with Crippen LogP contribution in [0.2, 0.25) is 0 Å². The summed E-state index contributed by atoms with van der Waals surface area (Å²) in [4.78, 5) is 45.8. The molecule has 3 aromatic rings. The standard InChI is InChI=1S/C24H24N4O5S2/c1-27(2)16-5-3-15(4-6-16)21(29)26-24-25-14-20(35-24)34-17-7-8-18(23(31)32)19(13-17)22(30)28-9-11-33-12-10-28/h3-8,13-14H,9-12H2,1-2H3,(H,31,32)(H,25,26,29). The van der Waals surface area contributed by atoms with Crippen molar-refractivity contribution in [3.8, 4) is 0 Å². The van der Waals surface area contributed by atoms with E-state index in [0.717, 1.165) is 9.90 Å². The Bertz CT molecular complexity index is 1240. The molecular weight excluding hydrogens is 488 g/mol. The predicted octanol–water partition coefficient (Wildman–Crippen LogP) is 3.78. The van der Waals surface area contributed by atoms with E-state index in [1.807, 2.05) is 31.1 Å². The summed E-state index contributed by atoms with van der Waals surface area (Å²) >= 11 is 2.64. The number of anilines is 2. The van der Waals surface area contributed by atoms with E-state index in [-0.39, 0.29) is 22.9 Å². The van der Waals surface area contributed by atoms with Gasteiger partial charge in [0.15, 0.2) is 5.13 Å². The molecule has 0 spiro atoms. The molecular formula is C24H24N4O5S2. The molecule has 0 radical (unpaired) electrons. The second-order valence-corrected chi connectivity index (χ2v) is 10.3. The van der Waals surface area contributed by atoms with Gasteiger partial charge in [-0.15, -0.1) is 0 Å². The van der Waals surface area contributed by atoms with Crippen LogP contribution < -0.4 is 10.2 Å². The summed E-state index contributed by atoms with van der Waals surface area (Å²) in [6, 6.07) is 11.9. The SMILES string of the molecule is CN(C)c1ccc(C(=O)Nc2ncc(Sc3ccc(C(=O)O)c(C(=O)N4CCOCC4)c3)s2)cc1. The summed E-state index contributed by atoms with van der Waals surface area (Å²) in [7, 11) is 3.86. The first-order valence-electron chi connectivity index (χ1n) is 10.8. The molecule has 1 aromatic heterocycles. The van der Waals surface area contributed by atoms with Gasteiger partial charge >= 0.3 is 5.97 Å². The molecule has 1 aliphatic rings. The number of hydrogen-bond donors (Lipinski definition) is 2. The third kappa shape index (κ3) is 5.99. The van der Waals surface area contributed by atoms with E-state index in [1.54, 1.807) is 35.4 Å². The Kier molecular flexibility index (Phi) is 7.69. The highest BCUT2D eigenvalue weighted by atomic mass is 32.2. The number of thiazole rings is 1. The molecule has 2 aromatic carbocycles. The van der Waals surface area contributed by atoms with Crippen molar-refractivity contribution in [2.45, 2.75) is 9.10 Å². The van der Waals surface area contributed by atoms with Crippen molar-refractivity contribution in [1.82, 2.24) is 9.88 Å². The fourth-order valence-corrected chi connectivity index (χ4v) is 5.34. The first-order valence-corrected chi connectivity index (χ1v) is 12.4. The minimum atomic E-state index is -1.15. The molecule has 1 saturated heterocycles. The normalized spacial score (nSPS) is 13.4. The van der Waals surface area contributed by atoms with Crippen LogP contribution in [-0.4, -0.2) is 73.2 Å². The Labute approximate surface area is 210 Å². The van der Waals surface area contributed by atoms with Gasteiger partial charge in [-0.2, -0.15) is 0 Å². The highest BCUT2D eigenvalue weighted by Gasteiger charge is 2.24. The average Bonchev–Trinajstić information content (AvgIpc) is 3.30. The molecule has 182 valence electrons. The molecule has 9 nitrogen and oxygen atoms in total. The number of nitrogens with zero attached hydrogens (tertiary/aromatic N) is 3. The summed E-state index contributed by atoms with van der Waals surface area (Å²) in [5.74, 6) is -1.74. The van der Waals surface area contributed by atoms with Crippen molar-refractivity contribution in [3.63, 3.8) is 0 Å². The van der Waals surface area contributed by atoms with Crippen LogP contribution in [0.15, 0.2) is 57.8 Å². The lowest BCUT2D eigenvalue weighted by Crippen LogP contribution is -2.41. The predicted molar refractivity (Wildman–Crippen MR) is 135 cm³/mol. The summed E-state index contributed by atoms with van der Waals surface area (Å²) < 4.78 is 6.08. The topological polar surface area (TPSA) is 112 Å². The van der Waals surface area contributed by atoms with Crippen molar-refractivity contribution >= 4 is 51.7 Å². The second-order valence-electron chi connectivity index (χ2n) is 7.90. The minimum absolute atomic E-state index is 0.0385. The van der Waals surface area contributed by atoms with Gasteiger partial charge in [-0.05, 0) is 42.5 Å². The van der Waals surface area contributed by atoms with Gasteiger partial charge in [0.25, 0.3) is 11.8 Å². The fraction of sp³-hybridized carbons (Fsp3) is 0.250. The zero-order valence-corrected chi connectivity index (χ0v) is 20.8. The number of carboxylic acids is 1. The van der Waals surface area contributed by atoms with E-state index >= 15 is 0 Å². The Morgan fingerprint density at radius 2 is 1.80 bits per heavy atom. The van der Waals surface area contributed by atoms with E-state index in [2.05, 4.69) is 10.3 Å². The van der Waals surface area contributed by atoms with Crippen molar-refractivity contribution in [1.29, 1.82) is 0 Å². The maximum Gasteiger partial charge on any atom is 0.336 e. The van der Waals surface area contributed by atoms with Gasteiger partial charge in [-0.3, -0.25) is 14.9 Å². The number of aromatic carboxylic acids is 1. The molecule has 1 fully saturated rings. The average molecular weight is 513 g/mol. The summed E-state index contributed by atoms with van der Waals surface area (Å²) in [6.07, 6.45) is 1.63. The first kappa shape index (κ1) is 24.7. The maximum atomic E-state index is 13.0. The molecule has 1 aliphatic heterocycles. The third-order valence-electron chi connectivity index (χ3n) is 5.32. The van der Waals surface area contributed by atoms with Crippen LogP contribution in [-0.2, 0) is 4.74 Å². The Morgan fingerprint density at radius 3 is 2.46 bits per heavy atom. The lowest BCUT2D eigenvalue weighted by atomic mass is 10.1. The zero-order valence-electron chi connectivity index (χ0n) is 19.2. The Morgan fingerprint density at radius 1 is 1.09 bits per heavy atom. The number of carboxylic acid groups (broad SMARTS) is 1. The molecule has 0 atom stereocenters. The van der Waals surface area contributed by atoms with Crippen LogP contribution in [0.25, 0.3) is 0 Å². The number of aromatic nitrogens is 1. The molecule has 2 amide bonds. The summed E-state index contributed by atoms with van der Waals surface area (Å²) in [6.45, 7) is 1.70. The number of ether oxygens (including phenoxy) is 1. The highest BCUT2D eigenvalue weighted by molar-refractivity contribution is 8.01. The van der Waals surface area contributed by atoms with Crippen LogP contribution in [0, 0.1) is 0 Å². The van der Waals surface area contributed by atoms with E-state index in [9.17, 15) is 19.5 Å². The van der Waals surface area contributed by atoms with Crippen LogP contribution >= 0.6 is 23.1 Å². The zero-order chi connectivity index (χ0) is 24.9. The van der Waals surface area contributed by atoms with Gasteiger partial charge in [-0.25, -0.2) is 9.78 Å². The molecule has 0 unspecified atom stereocenters. The number of benzene rings is 2. The summed E-state index contributed by atoms with van der Waals surface area (Å²) in [5.41, 5.74) is 1.62. The van der Waals surface area contributed by atoms with E-state index in [0.29, 0.717) is 41.9 Å². The molecule has 2 heterocycles. The van der Waals surface area contributed by atoms with Crippen LogP contribution in [0.3, 0.4) is 0 Å². The molecule has 35 heavy (non-hydrogen) atoms. The largest absolute Gasteiger partial charge is 0.478 e. The number of nitrogens with one attached hydrogen (secondary N) is 1. The number of rotatable bonds is 7. The van der Waals surface area contributed by atoms with E-state index < -0.39 is 5.97 Å². The maximum absolute atomic E-state index is 13.0. The molecule has 0 bridgehead atoms. The van der Waals surface area contributed by atoms with E-state index in [1.165, 1.54) is 29.2 Å². The molecule has 4 rings (SSSR count). The van der Waals surface area contributed by atoms with Crippen LogP contribution in [0.4, 0.5) is 10.8 Å². The number of carbonyl (C=O) groups is 3. The third-order valence-corrected chi connectivity index (χ3v) is 7.32. The molecule has 0 aliphatic carbocycles. The van der Waals surface area contributed by atoms with Gasteiger partial charge in [0.2, 0.25) is 0 Å². The van der Waals surface area contributed by atoms with Gasteiger partial charge in [0.05, 0.1) is 34.7 Å². The number of carbonyl (C=O) groups excluding carboxylic acids is 2. The van der Waals surface area contributed by atoms with Gasteiger partial charge in [0.1, 0.15) is 0 Å². The second kappa shape index (κ2) is 10.9. The van der Waals surface area contributed by atoms with Crippen molar-refractivity contribution < 1.29 is 24.2 Å².